The lowest BCUT2D eigenvalue weighted by Crippen LogP contribution is -2.25. The first-order valence-corrected chi connectivity index (χ1v) is 6.85. The Kier molecular flexibility index (Phi) is 3.03. The van der Waals surface area contributed by atoms with Crippen molar-refractivity contribution in [3.63, 3.8) is 0 Å². The van der Waals surface area contributed by atoms with Crippen LogP contribution in [-0.4, -0.2) is 10.8 Å². The maximum Gasteiger partial charge on any atom is 0.254 e. The summed E-state index contributed by atoms with van der Waals surface area (Å²) in [6, 6.07) is 13.5. The number of fused-ring (bicyclic) bond motifs is 1. The SMILES string of the molecule is Nc1cc(Br)cc(C(=O)N2Cc3ccccc3C2)c1. The Bertz CT molecular complexity index is 609. The number of carbonyl (C=O) groups is 1. The van der Waals surface area contributed by atoms with Gasteiger partial charge in [0.25, 0.3) is 5.91 Å². The van der Waals surface area contributed by atoms with Crippen molar-refractivity contribution in [3.8, 4) is 0 Å². The van der Waals surface area contributed by atoms with E-state index in [1.807, 2.05) is 23.1 Å². The van der Waals surface area contributed by atoms with E-state index in [2.05, 4.69) is 28.1 Å². The fourth-order valence-corrected chi connectivity index (χ4v) is 2.91. The summed E-state index contributed by atoms with van der Waals surface area (Å²) >= 11 is 3.37. The topological polar surface area (TPSA) is 46.3 Å². The summed E-state index contributed by atoms with van der Waals surface area (Å²) in [4.78, 5) is 14.3. The molecule has 0 saturated carbocycles. The standard InChI is InChI=1S/C15H13BrN2O/c16-13-5-12(6-14(17)7-13)15(19)18-8-10-3-1-2-4-11(10)9-18/h1-7H,8-9,17H2. The summed E-state index contributed by atoms with van der Waals surface area (Å²) in [7, 11) is 0. The van der Waals surface area contributed by atoms with Gasteiger partial charge in [0, 0.05) is 28.8 Å². The molecule has 0 radical (unpaired) electrons. The molecule has 2 aromatic carbocycles. The van der Waals surface area contributed by atoms with Crippen LogP contribution < -0.4 is 5.73 Å². The van der Waals surface area contributed by atoms with Gasteiger partial charge in [0.2, 0.25) is 0 Å². The monoisotopic (exact) mass is 316 g/mol. The number of nitrogens with zero attached hydrogens (tertiary/aromatic N) is 1. The van der Waals surface area contributed by atoms with Gasteiger partial charge >= 0.3 is 0 Å². The molecule has 2 N–H and O–H groups in total. The minimum atomic E-state index is 0.0178. The number of benzene rings is 2. The number of nitrogen functional groups attached to an aromatic ring is 1. The van der Waals surface area contributed by atoms with Gasteiger partial charge in [-0.15, -0.1) is 0 Å². The molecule has 1 heterocycles. The van der Waals surface area contributed by atoms with E-state index in [0.717, 1.165) is 4.47 Å². The Hall–Kier alpha value is -1.81. The molecular weight excluding hydrogens is 304 g/mol. The van der Waals surface area contributed by atoms with Gasteiger partial charge in [0.05, 0.1) is 0 Å². The Morgan fingerprint density at radius 2 is 1.74 bits per heavy atom. The van der Waals surface area contributed by atoms with E-state index in [4.69, 9.17) is 5.73 Å². The van der Waals surface area contributed by atoms with Crippen LogP contribution in [0.25, 0.3) is 0 Å². The fourth-order valence-electron chi connectivity index (χ4n) is 2.40. The Morgan fingerprint density at radius 3 is 2.32 bits per heavy atom. The minimum absolute atomic E-state index is 0.0178. The van der Waals surface area contributed by atoms with Gasteiger partial charge in [-0.05, 0) is 29.3 Å². The van der Waals surface area contributed by atoms with Crippen molar-refractivity contribution >= 4 is 27.5 Å². The van der Waals surface area contributed by atoms with E-state index in [1.165, 1.54) is 11.1 Å². The summed E-state index contributed by atoms with van der Waals surface area (Å²) in [5.74, 6) is 0.0178. The normalized spacial score (nSPS) is 13.4. The lowest BCUT2D eigenvalue weighted by atomic mass is 10.1. The van der Waals surface area contributed by atoms with Crippen LogP contribution in [0.15, 0.2) is 46.9 Å². The van der Waals surface area contributed by atoms with Gasteiger partial charge in [0.15, 0.2) is 0 Å². The van der Waals surface area contributed by atoms with Crippen molar-refractivity contribution in [2.24, 2.45) is 0 Å². The van der Waals surface area contributed by atoms with Crippen LogP contribution in [-0.2, 0) is 13.1 Å². The van der Waals surface area contributed by atoms with Gasteiger partial charge in [0.1, 0.15) is 0 Å². The summed E-state index contributed by atoms with van der Waals surface area (Å²) in [5, 5.41) is 0. The average Bonchev–Trinajstić information content (AvgIpc) is 2.80. The lowest BCUT2D eigenvalue weighted by Gasteiger charge is -2.16. The second kappa shape index (κ2) is 4.70. The zero-order valence-electron chi connectivity index (χ0n) is 10.3. The fraction of sp³-hybridized carbons (Fsp3) is 0.133. The largest absolute Gasteiger partial charge is 0.399 e. The van der Waals surface area contributed by atoms with Crippen LogP contribution in [0.4, 0.5) is 5.69 Å². The van der Waals surface area contributed by atoms with Crippen molar-refractivity contribution in [2.75, 3.05) is 5.73 Å². The van der Waals surface area contributed by atoms with Gasteiger partial charge in [-0.2, -0.15) is 0 Å². The lowest BCUT2D eigenvalue weighted by molar-refractivity contribution is 0.0751. The molecule has 0 fully saturated rings. The molecule has 0 atom stereocenters. The molecule has 3 rings (SSSR count). The molecule has 1 aliphatic rings. The Morgan fingerprint density at radius 1 is 1.11 bits per heavy atom. The van der Waals surface area contributed by atoms with Crippen molar-refractivity contribution in [1.82, 2.24) is 4.90 Å². The highest BCUT2D eigenvalue weighted by molar-refractivity contribution is 9.10. The number of halogens is 1. The number of nitrogens with two attached hydrogens (primary N) is 1. The van der Waals surface area contributed by atoms with E-state index >= 15 is 0 Å². The summed E-state index contributed by atoms with van der Waals surface area (Å²) in [6.07, 6.45) is 0. The van der Waals surface area contributed by atoms with Gasteiger partial charge in [-0.3, -0.25) is 4.79 Å². The highest BCUT2D eigenvalue weighted by atomic mass is 79.9. The Labute approximate surface area is 120 Å². The molecule has 0 aromatic heterocycles. The molecular formula is C15H13BrN2O. The molecule has 3 nitrogen and oxygen atoms in total. The van der Waals surface area contributed by atoms with Crippen LogP contribution in [0, 0.1) is 0 Å². The first kappa shape index (κ1) is 12.2. The maximum atomic E-state index is 12.5. The zero-order valence-corrected chi connectivity index (χ0v) is 11.9. The number of rotatable bonds is 1. The quantitative estimate of drug-likeness (QED) is 0.821. The maximum absolute atomic E-state index is 12.5. The number of anilines is 1. The number of hydrogen-bond acceptors (Lipinski definition) is 2. The molecule has 0 spiro atoms. The number of hydrogen-bond donors (Lipinski definition) is 1. The van der Waals surface area contributed by atoms with Crippen LogP contribution in [0.1, 0.15) is 21.5 Å². The molecule has 0 saturated heterocycles. The number of amides is 1. The molecule has 4 heteroatoms. The van der Waals surface area contributed by atoms with Crippen molar-refractivity contribution in [3.05, 3.63) is 63.6 Å². The van der Waals surface area contributed by atoms with Crippen LogP contribution in [0.5, 0.6) is 0 Å². The predicted molar refractivity (Wildman–Crippen MR) is 78.6 cm³/mol. The van der Waals surface area contributed by atoms with Crippen molar-refractivity contribution in [1.29, 1.82) is 0 Å². The molecule has 1 aliphatic heterocycles. The summed E-state index contributed by atoms with van der Waals surface area (Å²) in [5.41, 5.74) is 9.44. The third-order valence-corrected chi connectivity index (χ3v) is 3.75. The molecule has 0 aliphatic carbocycles. The third kappa shape index (κ3) is 2.36. The van der Waals surface area contributed by atoms with E-state index in [-0.39, 0.29) is 5.91 Å². The first-order chi connectivity index (χ1) is 9.13. The first-order valence-electron chi connectivity index (χ1n) is 6.05. The van der Waals surface area contributed by atoms with E-state index in [1.54, 1.807) is 12.1 Å². The second-order valence-corrected chi connectivity index (χ2v) is 5.62. The predicted octanol–water partition coefficient (Wildman–Crippen LogP) is 3.19. The zero-order chi connectivity index (χ0) is 13.4. The molecule has 1 amide bonds. The van der Waals surface area contributed by atoms with Crippen molar-refractivity contribution in [2.45, 2.75) is 13.1 Å². The average molecular weight is 317 g/mol. The van der Waals surface area contributed by atoms with E-state index in [9.17, 15) is 4.79 Å². The molecule has 96 valence electrons. The smallest absolute Gasteiger partial charge is 0.254 e. The highest BCUT2D eigenvalue weighted by Crippen LogP contribution is 2.25. The van der Waals surface area contributed by atoms with E-state index < -0.39 is 0 Å². The van der Waals surface area contributed by atoms with Gasteiger partial charge in [-0.25, -0.2) is 0 Å². The second-order valence-electron chi connectivity index (χ2n) is 4.70. The third-order valence-electron chi connectivity index (χ3n) is 3.30. The van der Waals surface area contributed by atoms with Gasteiger partial charge < -0.3 is 10.6 Å². The molecule has 19 heavy (non-hydrogen) atoms. The van der Waals surface area contributed by atoms with Crippen molar-refractivity contribution < 1.29 is 4.79 Å². The van der Waals surface area contributed by atoms with E-state index in [0.29, 0.717) is 24.3 Å². The highest BCUT2D eigenvalue weighted by Gasteiger charge is 2.24. The van der Waals surface area contributed by atoms with Crippen LogP contribution in [0.2, 0.25) is 0 Å². The molecule has 0 bridgehead atoms. The number of carbonyl (C=O) groups excluding carboxylic acids is 1. The van der Waals surface area contributed by atoms with Crippen LogP contribution >= 0.6 is 15.9 Å². The minimum Gasteiger partial charge on any atom is -0.399 e. The summed E-state index contributed by atoms with van der Waals surface area (Å²) < 4.78 is 0.826. The van der Waals surface area contributed by atoms with Crippen LogP contribution in [0.3, 0.4) is 0 Å². The Balaban J connectivity index is 1.87. The molecule has 0 unspecified atom stereocenters. The van der Waals surface area contributed by atoms with Gasteiger partial charge in [-0.1, -0.05) is 40.2 Å². The molecule has 2 aromatic rings. The summed E-state index contributed by atoms with van der Waals surface area (Å²) in [6.45, 7) is 1.34.